The second-order valence-electron chi connectivity index (χ2n) is 10.4. The van der Waals surface area contributed by atoms with Crippen molar-refractivity contribution < 1.29 is 14.3 Å². The van der Waals surface area contributed by atoms with Crippen LogP contribution in [0.2, 0.25) is 5.02 Å². The van der Waals surface area contributed by atoms with Crippen molar-refractivity contribution >= 4 is 34.8 Å². The molecule has 2 amide bonds. The van der Waals surface area contributed by atoms with Crippen LogP contribution in [0, 0.1) is 17.3 Å². The zero-order valence-corrected chi connectivity index (χ0v) is 22.9. The summed E-state index contributed by atoms with van der Waals surface area (Å²) in [6, 6.07) is 7.02. The molecule has 1 saturated heterocycles. The zero-order valence-electron chi connectivity index (χ0n) is 22.2. The second kappa shape index (κ2) is 10.5. The number of amides is 2. The molecule has 1 aromatic carbocycles. The number of nitrogens with one attached hydrogen (secondary N) is 3. The predicted molar refractivity (Wildman–Crippen MR) is 152 cm³/mol. The highest BCUT2D eigenvalue weighted by Gasteiger charge is 2.38. The fraction of sp³-hybridized carbons (Fsp3) is 0.300. The van der Waals surface area contributed by atoms with E-state index in [9.17, 15) is 9.59 Å². The van der Waals surface area contributed by atoms with Crippen LogP contribution in [0.3, 0.4) is 0 Å². The van der Waals surface area contributed by atoms with Crippen molar-refractivity contribution in [2.24, 2.45) is 5.41 Å². The molecular formula is C30H30ClN5O3. The summed E-state index contributed by atoms with van der Waals surface area (Å²) in [7, 11) is 1.55. The van der Waals surface area contributed by atoms with Gasteiger partial charge in [-0.3, -0.25) is 14.6 Å². The maximum absolute atomic E-state index is 13.0. The average Bonchev–Trinajstić information content (AvgIpc) is 3.44. The molecule has 0 radical (unpaired) electrons. The minimum Gasteiger partial charge on any atom is -0.493 e. The molecule has 2 aliphatic rings. The number of ether oxygens (including phenoxy) is 1. The minimum absolute atomic E-state index is 0.0469. The van der Waals surface area contributed by atoms with Gasteiger partial charge in [-0.15, -0.1) is 0 Å². The predicted octanol–water partition coefficient (Wildman–Crippen LogP) is 4.93. The Morgan fingerprint density at radius 1 is 1.36 bits per heavy atom. The molecule has 8 nitrogen and oxygen atoms in total. The Morgan fingerprint density at radius 2 is 2.18 bits per heavy atom. The van der Waals surface area contributed by atoms with E-state index >= 15 is 0 Å². The van der Waals surface area contributed by atoms with Gasteiger partial charge in [0.05, 0.1) is 46.4 Å². The third-order valence-corrected chi connectivity index (χ3v) is 7.34. The van der Waals surface area contributed by atoms with Gasteiger partial charge in [-0.05, 0) is 36.1 Å². The Balaban J connectivity index is 1.61. The molecule has 200 valence electrons. The van der Waals surface area contributed by atoms with E-state index in [1.165, 1.54) is 6.08 Å². The van der Waals surface area contributed by atoms with Gasteiger partial charge in [0, 0.05) is 43.2 Å². The number of pyridine rings is 1. The molecule has 0 aliphatic carbocycles. The van der Waals surface area contributed by atoms with Crippen LogP contribution in [0.4, 0.5) is 11.4 Å². The molecule has 4 heterocycles. The quantitative estimate of drug-likeness (QED) is 0.313. The molecule has 5 rings (SSSR count). The van der Waals surface area contributed by atoms with E-state index in [0.717, 1.165) is 17.7 Å². The molecule has 9 heteroatoms. The molecule has 1 fully saturated rings. The van der Waals surface area contributed by atoms with Gasteiger partial charge in [-0.2, -0.15) is 0 Å². The molecule has 0 unspecified atom stereocenters. The number of aromatic nitrogens is 2. The van der Waals surface area contributed by atoms with E-state index < -0.39 is 0 Å². The molecule has 3 aromatic rings. The first-order valence-electron chi connectivity index (χ1n) is 12.7. The van der Waals surface area contributed by atoms with Gasteiger partial charge < -0.3 is 25.3 Å². The number of para-hydroxylation sites is 1. The molecule has 2 aliphatic heterocycles. The van der Waals surface area contributed by atoms with Crippen molar-refractivity contribution in [2.75, 3.05) is 25.5 Å². The highest BCUT2D eigenvalue weighted by atomic mass is 35.5. The molecule has 0 bridgehead atoms. The van der Waals surface area contributed by atoms with Gasteiger partial charge in [-0.25, -0.2) is 0 Å². The summed E-state index contributed by atoms with van der Waals surface area (Å²) in [5.41, 5.74) is 4.70. The fourth-order valence-electron chi connectivity index (χ4n) is 5.28. The van der Waals surface area contributed by atoms with Gasteiger partial charge in [0.25, 0.3) is 5.91 Å². The normalized spacial score (nSPS) is 17.5. The summed E-state index contributed by atoms with van der Waals surface area (Å²) in [5.74, 6) is 6.77. The summed E-state index contributed by atoms with van der Waals surface area (Å²) < 4.78 is 5.54. The monoisotopic (exact) mass is 543 g/mol. The molecule has 0 spiro atoms. The van der Waals surface area contributed by atoms with Gasteiger partial charge in [-0.1, -0.05) is 49.9 Å². The third kappa shape index (κ3) is 5.10. The van der Waals surface area contributed by atoms with Crippen molar-refractivity contribution in [3.05, 3.63) is 71.2 Å². The standard InChI is InChI=1S/C30H30ClN5O3/c1-5-24(37)36-17-30(2,3)15-19(36)10-9-18-16-32-13-11-20(18)26-27(25-22(34-26)12-14-33-29(25)38)35-23-8-6-7-21(31)28(23)39-4/h5-8,11,13,16,19,34-35H,1,12,14-15,17H2,2-4H3,(H,33,38)/t19-/m0/s1. The Labute approximate surface area is 232 Å². The molecule has 3 N–H and O–H groups in total. The van der Waals surface area contributed by atoms with Crippen molar-refractivity contribution in [1.29, 1.82) is 0 Å². The fourth-order valence-corrected chi connectivity index (χ4v) is 5.53. The summed E-state index contributed by atoms with van der Waals surface area (Å²) in [5, 5.41) is 6.78. The van der Waals surface area contributed by atoms with E-state index in [1.54, 1.807) is 30.5 Å². The number of H-pyrrole nitrogens is 1. The second-order valence-corrected chi connectivity index (χ2v) is 10.8. The Bertz CT molecular complexity index is 1530. The molecule has 39 heavy (non-hydrogen) atoms. The molecular weight excluding hydrogens is 514 g/mol. The first-order chi connectivity index (χ1) is 18.7. The molecule has 0 saturated carbocycles. The Hall–Kier alpha value is -4.22. The topological polar surface area (TPSA) is 99.3 Å². The van der Waals surface area contributed by atoms with Crippen LogP contribution in [0.5, 0.6) is 5.75 Å². The highest BCUT2D eigenvalue weighted by molar-refractivity contribution is 6.32. The number of fused-ring (bicyclic) bond motifs is 1. The summed E-state index contributed by atoms with van der Waals surface area (Å²) in [6.45, 7) is 9.06. The first-order valence-corrected chi connectivity index (χ1v) is 13.1. The van der Waals surface area contributed by atoms with Crippen LogP contribution in [-0.2, 0) is 11.2 Å². The number of carbonyl (C=O) groups is 2. The number of likely N-dealkylation sites (tertiary alicyclic amines) is 1. The van der Waals surface area contributed by atoms with Gasteiger partial charge in [0.15, 0.2) is 5.75 Å². The van der Waals surface area contributed by atoms with Gasteiger partial charge in [0.2, 0.25) is 5.91 Å². The number of carbonyl (C=O) groups excluding carboxylic acids is 2. The van der Waals surface area contributed by atoms with Crippen LogP contribution in [0.1, 0.15) is 41.9 Å². The lowest BCUT2D eigenvalue weighted by Gasteiger charge is -2.20. The number of halogens is 1. The smallest absolute Gasteiger partial charge is 0.255 e. The van der Waals surface area contributed by atoms with E-state index in [4.69, 9.17) is 16.3 Å². The number of benzene rings is 1. The zero-order chi connectivity index (χ0) is 27.7. The maximum Gasteiger partial charge on any atom is 0.255 e. The lowest BCUT2D eigenvalue weighted by molar-refractivity contribution is -0.126. The number of hydrogen-bond acceptors (Lipinski definition) is 5. The first kappa shape index (κ1) is 26.4. The molecule has 1 atom stereocenters. The molecule has 2 aromatic heterocycles. The van der Waals surface area contributed by atoms with Crippen LogP contribution < -0.4 is 15.4 Å². The van der Waals surface area contributed by atoms with E-state index in [-0.39, 0.29) is 23.3 Å². The summed E-state index contributed by atoms with van der Waals surface area (Å²) >= 11 is 6.38. The van der Waals surface area contributed by atoms with E-state index in [0.29, 0.717) is 58.5 Å². The summed E-state index contributed by atoms with van der Waals surface area (Å²) in [4.78, 5) is 35.1. The Kier molecular flexibility index (Phi) is 7.11. The number of methoxy groups -OCH3 is 1. The van der Waals surface area contributed by atoms with Crippen molar-refractivity contribution in [1.82, 2.24) is 20.2 Å². The Morgan fingerprint density at radius 3 is 2.95 bits per heavy atom. The van der Waals surface area contributed by atoms with Gasteiger partial charge in [0.1, 0.15) is 0 Å². The SMILES string of the molecule is C=CC(=O)N1CC(C)(C)C[C@@H]1C#Cc1cnccc1-c1[nH]c2c(c1Nc1cccc(Cl)c1OC)C(=O)NCC2. The van der Waals surface area contributed by atoms with Crippen LogP contribution in [0.15, 0.2) is 49.3 Å². The highest BCUT2D eigenvalue weighted by Crippen LogP contribution is 2.41. The summed E-state index contributed by atoms with van der Waals surface area (Å²) in [6.07, 6.45) is 6.14. The van der Waals surface area contributed by atoms with Gasteiger partial charge >= 0.3 is 0 Å². The van der Waals surface area contributed by atoms with Crippen molar-refractivity contribution in [3.63, 3.8) is 0 Å². The lowest BCUT2D eigenvalue weighted by Crippen LogP contribution is -2.34. The number of aromatic amines is 1. The third-order valence-electron chi connectivity index (χ3n) is 7.04. The van der Waals surface area contributed by atoms with Crippen molar-refractivity contribution in [2.45, 2.75) is 32.7 Å². The lowest BCUT2D eigenvalue weighted by atomic mass is 9.91. The average molecular weight is 544 g/mol. The minimum atomic E-state index is -0.241. The number of rotatable bonds is 5. The van der Waals surface area contributed by atoms with Crippen LogP contribution >= 0.6 is 11.6 Å². The van der Waals surface area contributed by atoms with E-state index in [1.807, 2.05) is 18.2 Å². The number of hydrogen-bond donors (Lipinski definition) is 3. The number of nitrogens with zero attached hydrogens (tertiary/aromatic N) is 2. The number of anilines is 2. The van der Waals surface area contributed by atoms with Crippen molar-refractivity contribution in [3.8, 4) is 28.8 Å². The van der Waals surface area contributed by atoms with E-state index in [2.05, 4.69) is 52.9 Å². The van der Waals surface area contributed by atoms with Crippen LogP contribution in [0.25, 0.3) is 11.3 Å². The largest absolute Gasteiger partial charge is 0.493 e. The van der Waals surface area contributed by atoms with Crippen LogP contribution in [-0.4, -0.2) is 52.9 Å². The maximum atomic E-state index is 13.0.